The summed E-state index contributed by atoms with van der Waals surface area (Å²) in [5, 5.41) is 12.4. The van der Waals surface area contributed by atoms with E-state index in [1.165, 1.54) is 16.7 Å². The summed E-state index contributed by atoms with van der Waals surface area (Å²) in [5.74, 6) is -0.167. The molecule has 10 nitrogen and oxygen atoms in total. The summed E-state index contributed by atoms with van der Waals surface area (Å²) < 4.78 is 62.5. The van der Waals surface area contributed by atoms with Crippen LogP contribution in [0, 0.1) is 0 Å². The highest BCUT2D eigenvalue weighted by Crippen LogP contribution is 2.38. The number of rotatable bonds is 7. The quantitative estimate of drug-likeness (QED) is 0.308. The van der Waals surface area contributed by atoms with Crippen molar-refractivity contribution < 1.29 is 31.8 Å². The van der Waals surface area contributed by atoms with E-state index in [2.05, 4.69) is 35.5 Å². The first-order valence-corrected chi connectivity index (χ1v) is 11.0. The molecule has 3 aromatic rings. The van der Waals surface area contributed by atoms with E-state index in [4.69, 9.17) is 16.3 Å². The number of alkyl carbamates (subject to hydrolysis) is 1. The predicted octanol–water partition coefficient (Wildman–Crippen LogP) is 4.60. The average molecular weight is 520 g/mol. The standard InChI is InChI=1S/C20H22ClF4N7O3/c1-9(2)26-19(33)35-13-4-3-11(17(13)22)12-5-15(31-30-12)29-18-28-14(21)6-16-27-10(7-32(16)18)8-34-20(23,24)25/h5-7,9,11,13,17H,3-4,8H2,1-2H3,(H,26,33)(H2,28,29,30,31)/t11-,13-,17+/m1/s1. The molecule has 35 heavy (non-hydrogen) atoms. The second kappa shape index (κ2) is 9.85. The van der Waals surface area contributed by atoms with Gasteiger partial charge in [-0.25, -0.2) is 19.2 Å². The molecule has 3 atom stereocenters. The van der Waals surface area contributed by atoms with Crippen molar-refractivity contribution in [3.8, 4) is 0 Å². The van der Waals surface area contributed by atoms with E-state index in [1.807, 2.05) is 0 Å². The highest BCUT2D eigenvalue weighted by atomic mass is 35.5. The molecule has 4 rings (SSSR count). The number of amides is 1. The number of imidazole rings is 1. The summed E-state index contributed by atoms with van der Waals surface area (Å²) in [6, 6.07) is 2.82. The third-order valence-corrected chi connectivity index (χ3v) is 5.45. The first-order chi connectivity index (χ1) is 16.5. The normalized spacial score (nSPS) is 20.5. The van der Waals surface area contributed by atoms with E-state index in [0.29, 0.717) is 18.5 Å². The number of aromatic nitrogens is 5. The number of alkyl halides is 4. The number of ether oxygens (including phenoxy) is 2. The Labute approximate surface area is 201 Å². The minimum absolute atomic E-state index is 0.0101. The fourth-order valence-corrected chi connectivity index (χ4v) is 3.99. The van der Waals surface area contributed by atoms with Crippen molar-refractivity contribution in [3.05, 3.63) is 34.9 Å². The van der Waals surface area contributed by atoms with E-state index < -0.39 is 37.3 Å². The van der Waals surface area contributed by atoms with Crippen LogP contribution >= 0.6 is 11.6 Å². The topological polar surface area (TPSA) is 118 Å². The monoisotopic (exact) mass is 519 g/mol. The minimum atomic E-state index is -4.80. The molecule has 3 N–H and O–H groups in total. The molecule has 0 aromatic carbocycles. The number of hydrogen-bond donors (Lipinski definition) is 3. The SMILES string of the molecule is CC(C)NC(=O)O[C@@H]1CC[C@H](c2cc(Nc3nc(Cl)cc4nc(COC(F)(F)F)cn34)n[nH]2)[C@@H]1F. The van der Waals surface area contributed by atoms with Gasteiger partial charge in [0.05, 0.1) is 12.3 Å². The van der Waals surface area contributed by atoms with Gasteiger partial charge >= 0.3 is 12.5 Å². The lowest BCUT2D eigenvalue weighted by Crippen LogP contribution is -2.36. The lowest BCUT2D eigenvalue weighted by Gasteiger charge is -2.18. The van der Waals surface area contributed by atoms with Crippen LogP contribution in [-0.2, 0) is 16.1 Å². The maximum atomic E-state index is 15.0. The molecule has 0 spiro atoms. The number of H-pyrrole nitrogens is 1. The molecule has 1 amide bonds. The number of carbonyl (C=O) groups is 1. The van der Waals surface area contributed by atoms with Crippen LogP contribution in [0.2, 0.25) is 5.15 Å². The van der Waals surface area contributed by atoms with Crippen molar-refractivity contribution in [1.29, 1.82) is 0 Å². The van der Waals surface area contributed by atoms with Gasteiger partial charge in [-0.1, -0.05) is 11.6 Å². The molecule has 0 bridgehead atoms. The van der Waals surface area contributed by atoms with E-state index in [1.54, 1.807) is 19.9 Å². The van der Waals surface area contributed by atoms with Crippen LogP contribution in [0.1, 0.15) is 44.0 Å². The maximum Gasteiger partial charge on any atom is 0.522 e. The Kier molecular flexibility index (Phi) is 7.03. The summed E-state index contributed by atoms with van der Waals surface area (Å²) in [5.41, 5.74) is 0.734. The maximum absolute atomic E-state index is 15.0. The third-order valence-electron chi connectivity index (χ3n) is 5.26. The van der Waals surface area contributed by atoms with Gasteiger partial charge in [-0.15, -0.1) is 13.2 Å². The fourth-order valence-electron chi connectivity index (χ4n) is 3.81. The zero-order valence-corrected chi connectivity index (χ0v) is 19.3. The van der Waals surface area contributed by atoms with Gasteiger partial charge in [0.2, 0.25) is 5.95 Å². The number of aromatic amines is 1. The smallest absolute Gasteiger partial charge is 0.443 e. The number of fused-ring (bicyclic) bond motifs is 1. The van der Waals surface area contributed by atoms with Crippen LogP contribution in [-0.4, -0.2) is 55.3 Å². The second-order valence-corrected chi connectivity index (χ2v) is 8.69. The number of halogens is 5. The number of anilines is 2. The van der Waals surface area contributed by atoms with Gasteiger partial charge in [0.1, 0.15) is 23.1 Å². The Balaban J connectivity index is 1.46. The lowest BCUT2D eigenvalue weighted by atomic mass is 10.0. The van der Waals surface area contributed by atoms with Gasteiger partial charge in [-0.2, -0.15) is 5.10 Å². The Bertz CT molecular complexity index is 1200. The van der Waals surface area contributed by atoms with E-state index >= 15 is 0 Å². The van der Waals surface area contributed by atoms with Crippen LogP contribution in [0.25, 0.3) is 5.65 Å². The largest absolute Gasteiger partial charge is 0.522 e. The Morgan fingerprint density at radius 2 is 2.09 bits per heavy atom. The molecule has 1 aliphatic rings. The molecule has 3 heterocycles. The minimum Gasteiger partial charge on any atom is -0.443 e. The molecule has 0 saturated heterocycles. The third kappa shape index (κ3) is 6.11. The van der Waals surface area contributed by atoms with Gasteiger partial charge in [0.15, 0.2) is 5.82 Å². The summed E-state index contributed by atoms with van der Waals surface area (Å²) in [4.78, 5) is 20.0. The van der Waals surface area contributed by atoms with Crippen LogP contribution in [0.15, 0.2) is 18.3 Å². The molecule has 1 saturated carbocycles. The lowest BCUT2D eigenvalue weighted by molar-refractivity contribution is -0.330. The van der Waals surface area contributed by atoms with Crippen molar-refractivity contribution in [2.75, 3.05) is 5.32 Å². The Morgan fingerprint density at radius 1 is 1.31 bits per heavy atom. The van der Waals surface area contributed by atoms with Crippen molar-refractivity contribution in [1.82, 2.24) is 29.9 Å². The molecular formula is C20H22ClF4N7O3. The van der Waals surface area contributed by atoms with Crippen molar-refractivity contribution in [3.63, 3.8) is 0 Å². The fraction of sp³-hybridized carbons (Fsp3) is 0.500. The van der Waals surface area contributed by atoms with E-state index in [-0.39, 0.29) is 34.3 Å². The molecule has 0 radical (unpaired) electrons. The van der Waals surface area contributed by atoms with Gasteiger partial charge in [-0.05, 0) is 26.7 Å². The number of hydrogen-bond acceptors (Lipinski definition) is 7. The number of nitrogens with one attached hydrogen (secondary N) is 3. The molecule has 190 valence electrons. The Hall–Kier alpha value is -3.13. The van der Waals surface area contributed by atoms with E-state index in [9.17, 15) is 22.4 Å². The summed E-state index contributed by atoms with van der Waals surface area (Å²) in [6.45, 7) is 2.76. The number of nitrogens with zero attached hydrogens (tertiary/aromatic N) is 4. The first-order valence-electron chi connectivity index (χ1n) is 10.7. The molecule has 1 fully saturated rings. The Morgan fingerprint density at radius 3 is 2.80 bits per heavy atom. The molecule has 0 unspecified atom stereocenters. The van der Waals surface area contributed by atoms with Gasteiger partial charge in [-0.3, -0.25) is 14.2 Å². The first kappa shape index (κ1) is 25.0. The van der Waals surface area contributed by atoms with Gasteiger partial charge in [0, 0.05) is 36.0 Å². The molecule has 15 heteroatoms. The molecule has 0 aliphatic heterocycles. The van der Waals surface area contributed by atoms with Gasteiger partial charge in [0.25, 0.3) is 0 Å². The molecule has 3 aromatic heterocycles. The summed E-state index contributed by atoms with van der Waals surface area (Å²) in [6.07, 6.45) is -5.66. The number of carbonyl (C=O) groups excluding carboxylic acids is 1. The zero-order valence-electron chi connectivity index (χ0n) is 18.6. The summed E-state index contributed by atoms with van der Waals surface area (Å²) >= 11 is 6.03. The zero-order chi connectivity index (χ0) is 25.3. The van der Waals surface area contributed by atoms with Crippen LogP contribution < -0.4 is 10.6 Å². The predicted molar refractivity (Wildman–Crippen MR) is 116 cm³/mol. The van der Waals surface area contributed by atoms with Crippen LogP contribution in [0.3, 0.4) is 0 Å². The molecule has 1 aliphatic carbocycles. The van der Waals surface area contributed by atoms with Gasteiger partial charge < -0.3 is 15.4 Å². The van der Waals surface area contributed by atoms with Crippen molar-refractivity contribution in [2.24, 2.45) is 0 Å². The molecular weight excluding hydrogens is 498 g/mol. The van der Waals surface area contributed by atoms with Crippen LogP contribution in [0.5, 0.6) is 0 Å². The van der Waals surface area contributed by atoms with Crippen molar-refractivity contribution >= 4 is 35.1 Å². The van der Waals surface area contributed by atoms with E-state index in [0.717, 1.165) is 0 Å². The van der Waals surface area contributed by atoms with Crippen molar-refractivity contribution in [2.45, 2.75) is 63.9 Å². The summed E-state index contributed by atoms with van der Waals surface area (Å²) in [7, 11) is 0. The average Bonchev–Trinajstić information content (AvgIpc) is 3.45. The highest BCUT2D eigenvalue weighted by molar-refractivity contribution is 6.29. The highest BCUT2D eigenvalue weighted by Gasteiger charge is 2.41. The van der Waals surface area contributed by atoms with Crippen LogP contribution in [0.4, 0.5) is 34.1 Å². The second-order valence-electron chi connectivity index (χ2n) is 8.30.